The first kappa shape index (κ1) is 21.0. The number of carbonyl (C=O) groups is 1. The molecular formula is C18H20BrCl2N5O2. The maximum atomic E-state index is 12.3. The predicted octanol–water partition coefficient (Wildman–Crippen LogP) is 4.54. The van der Waals surface area contributed by atoms with Crippen LogP contribution in [0.3, 0.4) is 0 Å². The zero-order valence-corrected chi connectivity index (χ0v) is 18.8. The molecule has 0 aliphatic rings. The van der Waals surface area contributed by atoms with Crippen molar-refractivity contribution in [1.82, 2.24) is 24.9 Å². The highest BCUT2D eigenvalue weighted by molar-refractivity contribution is 9.10. The molecular weight excluding hydrogens is 469 g/mol. The van der Waals surface area contributed by atoms with Gasteiger partial charge in [-0.05, 0) is 55.3 Å². The minimum atomic E-state index is -0.262. The molecule has 3 aromatic heterocycles. The lowest BCUT2D eigenvalue weighted by atomic mass is 10.3. The molecule has 0 aliphatic carbocycles. The van der Waals surface area contributed by atoms with E-state index in [0.29, 0.717) is 47.7 Å². The van der Waals surface area contributed by atoms with Gasteiger partial charge in [-0.25, -0.2) is 0 Å². The van der Waals surface area contributed by atoms with Crippen LogP contribution < -0.4 is 5.32 Å². The number of hydrogen-bond donors (Lipinski definition) is 1. The fourth-order valence-electron chi connectivity index (χ4n) is 2.76. The highest BCUT2D eigenvalue weighted by Gasteiger charge is 2.14. The molecule has 0 spiro atoms. The molecule has 0 saturated carbocycles. The summed E-state index contributed by atoms with van der Waals surface area (Å²) in [4.78, 5) is 12.3. The van der Waals surface area contributed by atoms with Crippen LogP contribution in [-0.2, 0) is 13.1 Å². The van der Waals surface area contributed by atoms with Crippen molar-refractivity contribution in [3.05, 3.63) is 55.4 Å². The number of nitrogens with zero attached hydrogens (tertiary/aromatic N) is 4. The summed E-state index contributed by atoms with van der Waals surface area (Å²) in [5.74, 6) is 0.671. The Morgan fingerprint density at radius 2 is 1.89 bits per heavy atom. The van der Waals surface area contributed by atoms with E-state index >= 15 is 0 Å². The fourth-order valence-corrected chi connectivity index (χ4v) is 3.44. The van der Waals surface area contributed by atoms with E-state index in [1.807, 2.05) is 18.5 Å². The van der Waals surface area contributed by atoms with Gasteiger partial charge in [-0.3, -0.25) is 14.2 Å². The van der Waals surface area contributed by atoms with E-state index in [0.717, 1.165) is 15.9 Å². The molecule has 3 rings (SSSR count). The number of carbonyl (C=O) groups excluding carboxylic acids is 1. The number of hydrogen-bond acceptors (Lipinski definition) is 4. The molecule has 0 aromatic carbocycles. The Hall–Kier alpha value is -1.77. The first-order valence-electron chi connectivity index (χ1n) is 8.72. The van der Waals surface area contributed by atoms with Gasteiger partial charge in [0.05, 0.1) is 28.1 Å². The summed E-state index contributed by atoms with van der Waals surface area (Å²) < 4.78 is 10.1. The van der Waals surface area contributed by atoms with Gasteiger partial charge in [0.25, 0.3) is 5.91 Å². The second kappa shape index (κ2) is 8.71. The van der Waals surface area contributed by atoms with Crippen LogP contribution in [-0.4, -0.2) is 32.0 Å². The van der Waals surface area contributed by atoms with Gasteiger partial charge in [-0.15, -0.1) is 0 Å². The summed E-state index contributed by atoms with van der Waals surface area (Å²) in [5, 5.41) is 12.4. The third-order valence-electron chi connectivity index (χ3n) is 4.31. The normalized spacial score (nSPS) is 11.2. The van der Waals surface area contributed by atoms with E-state index in [1.54, 1.807) is 23.7 Å². The molecule has 0 aliphatic heterocycles. The lowest BCUT2D eigenvalue weighted by Gasteiger charge is -2.05. The van der Waals surface area contributed by atoms with E-state index in [4.69, 9.17) is 27.6 Å². The molecule has 150 valence electrons. The zero-order chi connectivity index (χ0) is 20.4. The molecule has 7 nitrogen and oxygen atoms in total. The molecule has 3 heterocycles. The number of aryl methyl sites for hydroxylation is 3. The van der Waals surface area contributed by atoms with Crippen LogP contribution in [0.25, 0.3) is 0 Å². The first-order valence-corrected chi connectivity index (χ1v) is 10.3. The Bertz CT molecular complexity index is 1010. The summed E-state index contributed by atoms with van der Waals surface area (Å²) in [5.41, 5.74) is 2.61. The van der Waals surface area contributed by atoms with Crippen LogP contribution in [0.2, 0.25) is 10.2 Å². The average Bonchev–Trinajstić information content (AvgIpc) is 3.30. The fraction of sp³-hybridized carbons (Fsp3) is 0.389. The summed E-state index contributed by atoms with van der Waals surface area (Å²) in [6.45, 7) is 7.19. The van der Waals surface area contributed by atoms with Gasteiger partial charge in [0.2, 0.25) is 0 Å². The molecule has 0 atom stereocenters. The summed E-state index contributed by atoms with van der Waals surface area (Å²) in [7, 11) is 0. The molecule has 28 heavy (non-hydrogen) atoms. The molecule has 10 heteroatoms. The standard InChI is InChI=1S/C18H20BrCl2N5O2/c1-10-15(19)12(3)26(23-10)9-13-5-6-14(28-13)18(27)22-7-4-8-25-17(21)16(20)11(2)24-25/h5-6H,4,7-9H2,1-3H3,(H,22,27). The molecule has 0 saturated heterocycles. The van der Waals surface area contributed by atoms with Crippen LogP contribution >= 0.6 is 39.1 Å². The van der Waals surface area contributed by atoms with E-state index in [-0.39, 0.29) is 11.7 Å². The largest absolute Gasteiger partial charge is 0.454 e. The second-order valence-electron chi connectivity index (χ2n) is 6.43. The highest BCUT2D eigenvalue weighted by Crippen LogP contribution is 2.25. The van der Waals surface area contributed by atoms with Crippen molar-refractivity contribution >= 4 is 45.0 Å². The Kier molecular flexibility index (Phi) is 6.52. The number of amides is 1. The third-order valence-corrected chi connectivity index (χ3v) is 6.39. The zero-order valence-electron chi connectivity index (χ0n) is 15.7. The summed E-state index contributed by atoms with van der Waals surface area (Å²) in [6, 6.07) is 3.45. The number of furan rings is 1. The van der Waals surface area contributed by atoms with Gasteiger partial charge in [-0.2, -0.15) is 10.2 Å². The highest BCUT2D eigenvalue weighted by atomic mass is 79.9. The van der Waals surface area contributed by atoms with Crippen LogP contribution in [0.4, 0.5) is 0 Å². The van der Waals surface area contributed by atoms with Crippen LogP contribution in [0.1, 0.15) is 39.8 Å². The van der Waals surface area contributed by atoms with Gasteiger partial charge in [0.1, 0.15) is 15.9 Å². The molecule has 0 bridgehead atoms. The minimum Gasteiger partial charge on any atom is -0.454 e. The smallest absolute Gasteiger partial charge is 0.286 e. The Morgan fingerprint density at radius 3 is 2.50 bits per heavy atom. The quantitative estimate of drug-likeness (QED) is 0.495. The van der Waals surface area contributed by atoms with E-state index in [1.165, 1.54) is 0 Å². The van der Waals surface area contributed by atoms with Gasteiger partial charge in [0.15, 0.2) is 5.76 Å². The summed E-state index contributed by atoms with van der Waals surface area (Å²) >= 11 is 15.6. The van der Waals surface area contributed by atoms with Crippen molar-refractivity contribution in [2.24, 2.45) is 0 Å². The maximum absolute atomic E-state index is 12.3. The lowest BCUT2D eigenvalue weighted by molar-refractivity contribution is 0.0923. The van der Waals surface area contributed by atoms with Crippen molar-refractivity contribution in [2.75, 3.05) is 6.54 Å². The third kappa shape index (κ3) is 4.45. The van der Waals surface area contributed by atoms with Gasteiger partial charge >= 0.3 is 0 Å². The Morgan fingerprint density at radius 1 is 1.18 bits per heavy atom. The predicted molar refractivity (Wildman–Crippen MR) is 111 cm³/mol. The van der Waals surface area contributed by atoms with Crippen molar-refractivity contribution in [2.45, 2.75) is 40.3 Å². The SMILES string of the molecule is Cc1nn(CCCNC(=O)c2ccc(Cn3nc(C)c(Br)c3C)o2)c(Cl)c1Cl. The van der Waals surface area contributed by atoms with E-state index < -0.39 is 0 Å². The minimum absolute atomic E-state index is 0.262. The number of rotatable bonds is 7. The molecule has 0 radical (unpaired) electrons. The molecule has 3 aromatic rings. The Balaban J connectivity index is 1.51. The topological polar surface area (TPSA) is 77.9 Å². The number of aromatic nitrogens is 4. The first-order chi connectivity index (χ1) is 13.3. The monoisotopic (exact) mass is 487 g/mol. The summed E-state index contributed by atoms with van der Waals surface area (Å²) in [6.07, 6.45) is 0.663. The van der Waals surface area contributed by atoms with Crippen LogP contribution in [0.5, 0.6) is 0 Å². The van der Waals surface area contributed by atoms with E-state index in [9.17, 15) is 4.79 Å². The van der Waals surface area contributed by atoms with Crippen molar-refractivity contribution < 1.29 is 9.21 Å². The molecule has 0 fully saturated rings. The maximum Gasteiger partial charge on any atom is 0.286 e. The van der Waals surface area contributed by atoms with Gasteiger partial charge in [-0.1, -0.05) is 23.2 Å². The van der Waals surface area contributed by atoms with Crippen LogP contribution in [0.15, 0.2) is 21.0 Å². The molecule has 1 N–H and O–H groups in total. The molecule has 1 amide bonds. The average molecular weight is 489 g/mol. The lowest BCUT2D eigenvalue weighted by Crippen LogP contribution is -2.25. The van der Waals surface area contributed by atoms with Gasteiger partial charge in [0, 0.05) is 13.1 Å². The van der Waals surface area contributed by atoms with Crippen molar-refractivity contribution in [3.8, 4) is 0 Å². The second-order valence-corrected chi connectivity index (χ2v) is 7.96. The van der Waals surface area contributed by atoms with Gasteiger partial charge < -0.3 is 9.73 Å². The van der Waals surface area contributed by atoms with E-state index in [2.05, 4.69) is 31.4 Å². The van der Waals surface area contributed by atoms with Crippen molar-refractivity contribution in [3.63, 3.8) is 0 Å². The van der Waals surface area contributed by atoms with Crippen molar-refractivity contribution in [1.29, 1.82) is 0 Å². The van der Waals surface area contributed by atoms with Crippen LogP contribution in [0, 0.1) is 20.8 Å². The molecule has 0 unspecified atom stereocenters. The number of nitrogens with one attached hydrogen (secondary N) is 1. The number of halogens is 3. The Labute approximate surface area is 181 Å².